The third-order valence-corrected chi connectivity index (χ3v) is 4.51. The molecule has 1 N–H and O–H groups in total. The van der Waals surface area contributed by atoms with Crippen LogP contribution in [0.5, 0.6) is 0 Å². The van der Waals surface area contributed by atoms with Crippen LogP contribution in [0.1, 0.15) is 51.5 Å². The van der Waals surface area contributed by atoms with E-state index in [1.807, 2.05) is 31.3 Å². The van der Waals surface area contributed by atoms with Crippen molar-refractivity contribution >= 4 is 17.5 Å². The maximum absolute atomic E-state index is 12.3. The predicted octanol–water partition coefficient (Wildman–Crippen LogP) is 3.64. The van der Waals surface area contributed by atoms with Gasteiger partial charge in [-0.1, -0.05) is 39.3 Å². The molecule has 1 aromatic rings. The summed E-state index contributed by atoms with van der Waals surface area (Å²) in [4.78, 5) is 26.3. The minimum Gasteiger partial charge on any atom is -0.346 e. The molecule has 0 radical (unpaired) electrons. The Hall–Kier alpha value is -1.84. The summed E-state index contributed by atoms with van der Waals surface area (Å²) in [6.45, 7) is 7.17. The van der Waals surface area contributed by atoms with Gasteiger partial charge in [-0.15, -0.1) is 0 Å². The van der Waals surface area contributed by atoms with Gasteiger partial charge in [0.25, 0.3) is 0 Å². The van der Waals surface area contributed by atoms with Gasteiger partial charge in [-0.05, 0) is 36.5 Å². The Bertz CT molecular complexity index is 551. The van der Waals surface area contributed by atoms with Crippen LogP contribution in [0.15, 0.2) is 24.3 Å². The van der Waals surface area contributed by atoms with E-state index in [4.69, 9.17) is 0 Å². The van der Waals surface area contributed by atoms with Gasteiger partial charge < -0.3 is 10.2 Å². The number of carbonyl (C=O) groups is 2. The first-order valence-corrected chi connectivity index (χ1v) is 8.59. The van der Waals surface area contributed by atoms with E-state index in [2.05, 4.69) is 26.1 Å². The van der Waals surface area contributed by atoms with E-state index in [9.17, 15) is 9.59 Å². The Balaban J connectivity index is 1.84. The third-order valence-electron chi connectivity index (χ3n) is 4.51. The van der Waals surface area contributed by atoms with Gasteiger partial charge >= 0.3 is 0 Å². The summed E-state index contributed by atoms with van der Waals surface area (Å²) < 4.78 is 0. The first-order chi connectivity index (χ1) is 10.9. The molecule has 0 bridgehead atoms. The highest BCUT2D eigenvalue weighted by Gasteiger charge is 2.48. The van der Waals surface area contributed by atoms with Crippen LogP contribution < -0.4 is 5.32 Å². The second-order valence-corrected chi connectivity index (χ2v) is 6.83. The molecule has 2 amide bonds. The average molecular weight is 316 g/mol. The van der Waals surface area contributed by atoms with Crippen molar-refractivity contribution < 1.29 is 9.59 Å². The molecule has 1 aliphatic rings. The highest BCUT2D eigenvalue weighted by atomic mass is 16.2. The van der Waals surface area contributed by atoms with Crippen molar-refractivity contribution in [3.8, 4) is 0 Å². The number of rotatable bonds is 7. The Morgan fingerprint density at radius 1 is 1.22 bits per heavy atom. The first-order valence-electron chi connectivity index (χ1n) is 8.59. The average Bonchev–Trinajstić information content (AvgIpc) is 3.33. The summed E-state index contributed by atoms with van der Waals surface area (Å²) >= 11 is 0. The Kier molecular flexibility index (Phi) is 5.80. The summed E-state index contributed by atoms with van der Waals surface area (Å²) in [5.41, 5.74) is 2.05. The monoisotopic (exact) mass is 316 g/mol. The molecular formula is C19H28N2O2. The zero-order chi connectivity index (χ0) is 17.0. The van der Waals surface area contributed by atoms with Gasteiger partial charge in [0, 0.05) is 19.3 Å². The fraction of sp³-hybridized carbons (Fsp3) is 0.579. The van der Waals surface area contributed by atoms with Gasteiger partial charge in [-0.25, -0.2) is 0 Å². The van der Waals surface area contributed by atoms with Gasteiger partial charge in [-0.3, -0.25) is 9.59 Å². The minimum absolute atomic E-state index is 0.0375. The molecular weight excluding hydrogens is 288 g/mol. The van der Waals surface area contributed by atoms with E-state index in [1.54, 1.807) is 4.90 Å². The summed E-state index contributed by atoms with van der Waals surface area (Å²) in [5.74, 6) is 0.241. The lowest BCUT2D eigenvalue weighted by Gasteiger charge is -2.16. The van der Waals surface area contributed by atoms with Crippen LogP contribution >= 0.6 is 0 Å². The molecule has 2 rings (SSSR count). The molecule has 1 fully saturated rings. The molecule has 0 aliphatic heterocycles. The maximum atomic E-state index is 12.3. The van der Waals surface area contributed by atoms with Gasteiger partial charge in [0.05, 0.1) is 11.8 Å². The lowest BCUT2D eigenvalue weighted by molar-refractivity contribution is -0.132. The van der Waals surface area contributed by atoms with Crippen molar-refractivity contribution in [2.24, 2.45) is 11.8 Å². The molecule has 0 saturated heterocycles. The molecule has 1 aliphatic carbocycles. The van der Waals surface area contributed by atoms with Crippen molar-refractivity contribution in [1.29, 1.82) is 0 Å². The highest BCUT2D eigenvalue weighted by molar-refractivity contribution is 5.99. The van der Waals surface area contributed by atoms with Crippen LogP contribution in [0.4, 0.5) is 5.69 Å². The molecule has 126 valence electrons. The molecule has 1 saturated carbocycles. The van der Waals surface area contributed by atoms with Crippen LogP contribution in [0.3, 0.4) is 0 Å². The molecule has 23 heavy (non-hydrogen) atoms. The van der Waals surface area contributed by atoms with Gasteiger partial charge in [-0.2, -0.15) is 0 Å². The largest absolute Gasteiger partial charge is 0.346 e. The van der Waals surface area contributed by atoms with E-state index in [0.717, 1.165) is 25.1 Å². The number of anilines is 1. The Morgan fingerprint density at radius 3 is 2.43 bits per heavy atom. The van der Waals surface area contributed by atoms with E-state index in [1.165, 1.54) is 5.56 Å². The zero-order valence-corrected chi connectivity index (χ0v) is 14.6. The fourth-order valence-corrected chi connectivity index (χ4v) is 2.73. The number of hydrogen-bond donors (Lipinski definition) is 1. The van der Waals surface area contributed by atoms with E-state index < -0.39 is 0 Å². The summed E-state index contributed by atoms with van der Waals surface area (Å²) in [6.07, 6.45) is 2.75. The highest BCUT2D eigenvalue weighted by Crippen LogP contribution is 2.40. The van der Waals surface area contributed by atoms with Gasteiger partial charge in [0.1, 0.15) is 0 Å². The molecule has 0 heterocycles. The summed E-state index contributed by atoms with van der Waals surface area (Å²) in [7, 11) is 1.83. The number of nitrogens with zero attached hydrogens (tertiary/aromatic N) is 1. The number of unbranched alkanes of at least 4 members (excludes halogenated alkanes) is 1. The molecule has 0 spiro atoms. The number of nitrogens with one attached hydrogen (secondary N) is 1. The molecule has 4 nitrogen and oxygen atoms in total. The normalized spacial score (nSPS) is 19.5. The SMILES string of the molecule is CCCCN(C)C(=O)C1CC1C(=O)Nc1ccc(C(C)C)cc1. The number of amides is 2. The Labute approximate surface area is 139 Å². The summed E-state index contributed by atoms with van der Waals surface area (Å²) in [6, 6.07) is 7.93. The zero-order valence-electron chi connectivity index (χ0n) is 14.6. The number of benzene rings is 1. The predicted molar refractivity (Wildman–Crippen MR) is 93.3 cm³/mol. The molecule has 2 atom stereocenters. The van der Waals surface area contributed by atoms with Crippen molar-refractivity contribution in [3.05, 3.63) is 29.8 Å². The van der Waals surface area contributed by atoms with Crippen molar-refractivity contribution in [2.45, 2.75) is 46.0 Å². The smallest absolute Gasteiger partial charge is 0.228 e. The topological polar surface area (TPSA) is 49.4 Å². The van der Waals surface area contributed by atoms with Crippen LogP contribution in [0.2, 0.25) is 0 Å². The maximum Gasteiger partial charge on any atom is 0.228 e. The second kappa shape index (κ2) is 7.62. The van der Waals surface area contributed by atoms with Crippen LogP contribution in [0.25, 0.3) is 0 Å². The number of carbonyl (C=O) groups excluding carboxylic acids is 2. The lowest BCUT2D eigenvalue weighted by atomic mass is 10.0. The minimum atomic E-state index is -0.170. The van der Waals surface area contributed by atoms with Crippen molar-refractivity contribution in [3.63, 3.8) is 0 Å². The van der Waals surface area contributed by atoms with E-state index >= 15 is 0 Å². The first kappa shape index (κ1) is 17.5. The van der Waals surface area contributed by atoms with E-state index in [0.29, 0.717) is 12.3 Å². The molecule has 4 heteroatoms. The van der Waals surface area contributed by atoms with Crippen LogP contribution in [0, 0.1) is 11.8 Å². The van der Waals surface area contributed by atoms with Gasteiger partial charge in [0.2, 0.25) is 11.8 Å². The van der Waals surface area contributed by atoms with Gasteiger partial charge in [0.15, 0.2) is 0 Å². The van der Waals surface area contributed by atoms with E-state index in [-0.39, 0.29) is 23.7 Å². The third kappa shape index (κ3) is 4.57. The fourth-order valence-electron chi connectivity index (χ4n) is 2.73. The van der Waals surface area contributed by atoms with Crippen LogP contribution in [-0.2, 0) is 9.59 Å². The standard InChI is InChI=1S/C19H28N2O2/c1-5-6-11-21(4)19(23)17-12-16(17)18(22)20-15-9-7-14(8-10-15)13(2)3/h7-10,13,16-17H,5-6,11-12H2,1-4H3,(H,20,22). The summed E-state index contributed by atoms with van der Waals surface area (Å²) in [5, 5.41) is 2.93. The Morgan fingerprint density at radius 2 is 1.87 bits per heavy atom. The molecule has 0 aromatic heterocycles. The molecule has 1 aromatic carbocycles. The quantitative estimate of drug-likeness (QED) is 0.835. The number of hydrogen-bond acceptors (Lipinski definition) is 2. The van der Waals surface area contributed by atoms with Crippen molar-refractivity contribution in [1.82, 2.24) is 4.90 Å². The van der Waals surface area contributed by atoms with Crippen molar-refractivity contribution in [2.75, 3.05) is 18.9 Å². The molecule has 2 unspecified atom stereocenters. The lowest BCUT2D eigenvalue weighted by Crippen LogP contribution is -2.30. The second-order valence-electron chi connectivity index (χ2n) is 6.83. The van der Waals surface area contributed by atoms with Crippen LogP contribution in [-0.4, -0.2) is 30.3 Å².